The lowest BCUT2D eigenvalue weighted by atomic mass is 10.2. The monoisotopic (exact) mass is 378 g/mol. The van der Waals surface area contributed by atoms with Crippen LogP contribution in [0.15, 0.2) is 64.8 Å². The molecule has 0 saturated heterocycles. The lowest BCUT2D eigenvalue weighted by molar-refractivity contribution is 0.414. The van der Waals surface area contributed by atoms with Crippen molar-refractivity contribution >= 4 is 22.9 Å². The van der Waals surface area contributed by atoms with E-state index in [1.807, 2.05) is 60.0 Å². The first-order chi connectivity index (χ1) is 13.2. The number of fused-ring (bicyclic) bond motifs is 1. The van der Waals surface area contributed by atoms with Gasteiger partial charge in [-0.1, -0.05) is 41.6 Å². The van der Waals surface area contributed by atoms with Gasteiger partial charge in [0, 0.05) is 11.4 Å². The molecular weight excluding hydrogens is 360 g/mol. The van der Waals surface area contributed by atoms with Crippen LogP contribution in [0.25, 0.3) is 16.9 Å². The van der Waals surface area contributed by atoms with Crippen LogP contribution >= 0.6 is 11.8 Å². The van der Waals surface area contributed by atoms with Crippen molar-refractivity contribution in [3.8, 4) is 11.4 Å². The summed E-state index contributed by atoms with van der Waals surface area (Å²) in [6.45, 7) is 2.04. The molecule has 1 N–H and O–H groups in total. The van der Waals surface area contributed by atoms with Crippen molar-refractivity contribution in [1.82, 2.24) is 19.5 Å². The second-order valence-corrected chi connectivity index (χ2v) is 7.05. The molecule has 0 spiro atoms. The van der Waals surface area contributed by atoms with Crippen molar-refractivity contribution in [2.24, 2.45) is 0 Å². The van der Waals surface area contributed by atoms with Crippen LogP contribution in [0, 0.1) is 6.92 Å². The minimum Gasteiger partial charge on any atom is -0.497 e. The van der Waals surface area contributed by atoms with Gasteiger partial charge in [0.2, 0.25) is 0 Å². The predicted molar refractivity (Wildman–Crippen MR) is 107 cm³/mol. The van der Waals surface area contributed by atoms with E-state index in [4.69, 9.17) is 4.74 Å². The fraction of sp³-hybridized carbons (Fsp3) is 0.150. The minimum atomic E-state index is -0.242. The molecule has 0 fully saturated rings. The Hall–Kier alpha value is -3.06. The second-order valence-electron chi connectivity index (χ2n) is 6.11. The summed E-state index contributed by atoms with van der Waals surface area (Å²) < 4.78 is 7.21. The van der Waals surface area contributed by atoms with Gasteiger partial charge < -0.3 is 9.72 Å². The molecular formula is C20H18N4O2S. The van der Waals surface area contributed by atoms with Crippen molar-refractivity contribution in [3.05, 3.63) is 76.3 Å². The molecule has 0 bridgehead atoms. The van der Waals surface area contributed by atoms with E-state index >= 15 is 0 Å². The summed E-state index contributed by atoms with van der Waals surface area (Å²) in [4.78, 5) is 23.7. The average molecular weight is 378 g/mol. The van der Waals surface area contributed by atoms with Crippen molar-refractivity contribution in [1.29, 1.82) is 0 Å². The number of nitrogens with zero attached hydrogens (tertiary/aromatic N) is 3. The molecule has 2 aromatic carbocycles. The fourth-order valence-electron chi connectivity index (χ4n) is 2.82. The van der Waals surface area contributed by atoms with Crippen LogP contribution in [-0.2, 0) is 5.75 Å². The highest BCUT2D eigenvalue weighted by molar-refractivity contribution is 7.98. The third-order valence-electron chi connectivity index (χ3n) is 4.21. The molecule has 2 heterocycles. The van der Waals surface area contributed by atoms with Gasteiger partial charge in [-0.05, 0) is 36.8 Å². The summed E-state index contributed by atoms with van der Waals surface area (Å²) in [6.07, 6.45) is 1.41. The lowest BCUT2D eigenvalue weighted by Gasteiger charge is -2.09. The summed E-state index contributed by atoms with van der Waals surface area (Å²) in [7, 11) is 1.65. The Kier molecular flexibility index (Phi) is 4.68. The lowest BCUT2D eigenvalue weighted by Crippen LogP contribution is -2.07. The first-order valence-electron chi connectivity index (χ1n) is 8.44. The molecule has 0 aliphatic heterocycles. The van der Waals surface area contributed by atoms with Gasteiger partial charge in [-0.15, -0.1) is 0 Å². The summed E-state index contributed by atoms with van der Waals surface area (Å²) in [5, 5.41) is 0.723. The first kappa shape index (κ1) is 17.4. The zero-order valence-corrected chi connectivity index (χ0v) is 15.8. The van der Waals surface area contributed by atoms with Crippen molar-refractivity contribution in [2.45, 2.75) is 17.8 Å². The number of benzene rings is 2. The number of H-pyrrole nitrogens is 1. The van der Waals surface area contributed by atoms with Crippen LogP contribution < -0.4 is 10.3 Å². The van der Waals surface area contributed by atoms with E-state index in [0.29, 0.717) is 16.9 Å². The molecule has 0 aliphatic rings. The second kappa shape index (κ2) is 7.28. The Morgan fingerprint density at radius 2 is 2.00 bits per heavy atom. The molecule has 4 rings (SSSR count). The molecule has 0 unspecified atom stereocenters. The summed E-state index contributed by atoms with van der Waals surface area (Å²) in [5.41, 5.74) is 3.86. The van der Waals surface area contributed by atoms with E-state index in [9.17, 15) is 4.79 Å². The zero-order valence-electron chi connectivity index (χ0n) is 15.0. The molecule has 136 valence electrons. The zero-order chi connectivity index (χ0) is 18.8. The number of hydrogen-bond acceptors (Lipinski definition) is 5. The van der Waals surface area contributed by atoms with Gasteiger partial charge in [0.05, 0.1) is 13.4 Å². The molecule has 0 aliphatic carbocycles. The highest BCUT2D eigenvalue weighted by Gasteiger charge is 2.16. The highest BCUT2D eigenvalue weighted by Crippen LogP contribution is 2.29. The van der Waals surface area contributed by atoms with Gasteiger partial charge in [-0.2, -0.15) is 0 Å². The van der Waals surface area contributed by atoms with Gasteiger partial charge in [0.25, 0.3) is 5.56 Å². The molecule has 0 atom stereocenters. The summed E-state index contributed by atoms with van der Waals surface area (Å²) >= 11 is 1.56. The number of ether oxygens (including phenoxy) is 1. The number of methoxy groups -OCH3 is 1. The van der Waals surface area contributed by atoms with E-state index in [-0.39, 0.29) is 5.56 Å². The molecule has 0 saturated carbocycles. The molecule has 7 heteroatoms. The first-order valence-corrected chi connectivity index (χ1v) is 9.43. The number of aromatic nitrogens is 4. The van der Waals surface area contributed by atoms with Crippen LogP contribution in [0.3, 0.4) is 0 Å². The largest absolute Gasteiger partial charge is 0.497 e. The maximum Gasteiger partial charge on any atom is 0.278 e. The van der Waals surface area contributed by atoms with E-state index in [1.165, 1.54) is 11.9 Å². The van der Waals surface area contributed by atoms with E-state index in [0.717, 1.165) is 22.2 Å². The quantitative estimate of drug-likeness (QED) is 0.536. The predicted octanol–water partition coefficient (Wildman–Crippen LogP) is 3.72. The number of rotatable bonds is 5. The Bertz CT molecular complexity index is 1150. The van der Waals surface area contributed by atoms with Gasteiger partial charge in [-0.25, -0.2) is 9.97 Å². The number of thioether (sulfide) groups is 1. The third-order valence-corrected chi connectivity index (χ3v) is 5.22. The van der Waals surface area contributed by atoms with Crippen LogP contribution in [-0.4, -0.2) is 26.6 Å². The fourth-order valence-corrected chi connectivity index (χ4v) is 3.77. The third kappa shape index (κ3) is 3.46. The number of imidazole rings is 1. The highest BCUT2D eigenvalue weighted by atomic mass is 32.2. The van der Waals surface area contributed by atoms with E-state index < -0.39 is 0 Å². The SMILES string of the molecule is COc1cccc(CSc2nc3c(=O)[nH]cnc3n2-c2ccc(C)cc2)c1. The maximum absolute atomic E-state index is 12.2. The number of aromatic amines is 1. The Morgan fingerprint density at radius 1 is 1.19 bits per heavy atom. The topological polar surface area (TPSA) is 72.8 Å². The normalized spacial score (nSPS) is 11.0. The molecule has 6 nitrogen and oxygen atoms in total. The molecule has 27 heavy (non-hydrogen) atoms. The smallest absolute Gasteiger partial charge is 0.278 e. The molecule has 2 aromatic heterocycles. The minimum absolute atomic E-state index is 0.242. The van der Waals surface area contributed by atoms with Crippen LogP contribution in [0.4, 0.5) is 0 Å². The standard InChI is InChI=1S/C20H18N4O2S/c1-13-6-8-15(9-7-13)24-18-17(19(25)22-12-21-18)23-20(24)27-11-14-4-3-5-16(10-14)26-2/h3-10,12H,11H2,1-2H3,(H,21,22,25). The number of aryl methyl sites for hydroxylation is 1. The Balaban J connectivity index is 1.77. The van der Waals surface area contributed by atoms with E-state index in [1.54, 1.807) is 18.9 Å². The summed E-state index contributed by atoms with van der Waals surface area (Å²) in [5.74, 6) is 1.52. The van der Waals surface area contributed by atoms with Gasteiger partial charge in [-0.3, -0.25) is 9.36 Å². The van der Waals surface area contributed by atoms with Crippen LogP contribution in [0.2, 0.25) is 0 Å². The van der Waals surface area contributed by atoms with Gasteiger partial charge >= 0.3 is 0 Å². The number of nitrogens with one attached hydrogen (secondary N) is 1. The average Bonchev–Trinajstić information content (AvgIpc) is 3.07. The van der Waals surface area contributed by atoms with Gasteiger partial charge in [0.15, 0.2) is 16.3 Å². The Labute approximate surface area is 160 Å². The van der Waals surface area contributed by atoms with Crippen LogP contribution in [0.1, 0.15) is 11.1 Å². The van der Waals surface area contributed by atoms with Crippen LogP contribution in [0.5, 0.6) is 5.75 Å². The van der Waals surface area contributed by atoms with Gasteiger partial charge in [0.1, 0.15) is 5.75 Å². The van der Waals surface area contributed by atoms with Crippen molar-refractivity contribution in [3.63, 3.8) is 0 Å². The Morgan fingerprint density at radius 3 is 2.78 bits per heavy atom. The number of hydrogen-bond donors (Lipinski definition) is 1. The molecule has 0 amide bonds. The molecule has 0 radical (unpaired) electrons. The molecule has 4 aromatic rings. The maximum atomic E-state index is 12.2. The van der Waals surface area contributed by atoms with Crippen molar-refractivity contribution < 1.29 is 4.74 Å². The van der Waals surface area contributed by atoms with Crippen molar-refractivity contribution in [2.75, 3.05) is 7.11 Å². The van der Waals surface area contributed by atoms with E-state index in [2.05, 4.69) is 15.0 Å². The summed E-state index contributed by atoms with van der Waals surface area (Å²) in [6, 6.07) is 16.0.